The highest BCUT2D eigenvalue weighted by atomic mass is 16.5. The molecule has 0 aromatic heterocycles. The number of benzene rings is 2. The summed E-state index contributed by atoms with van der Waals surface area (Å²) in [5.74, 6) is 0.874. The molecule has 0 radical (unpaired) electrons. The number of ether oxygens (including phenoxy) is 2. The zero-order valence-corrected chi connectivity index (χ0v) is 16.0. The molecule has 2 N–H and O–H groups in total. The summed E-state index contributed by atoms with van der Waals surface area (Å²) in [6.07, 6.45) is 0. The van der Waals surface area contributed by atoms with Crippen LogP contribution in [-0.2, 0) is 4.74 Å². The zero-order valence-electron chi connectivity index (χ0n) is 16.0. The van der Waals surface area contributed by atoms with E-state index in [-0.39, 0.29) is 12.0 Å². The van der Waals surface area contributed by atoms with E-state index < -0.39 is 0 Å². The normalized spacial score (nSPS) is 10.4. The van der Waals surface area contributed by atoms with Crippen LogP contribution in [0.15, 0.2) is 48.5 Å². The Labute approximate surface area is 159 Å². The van der Waals surface area contributed by atoms with Crippen LogP contribution >= 0.6 is 0 Å². The van der Waals surface area contributed by atoms with Crippen LogP contribution in [0.25, 0.3) is 0 Å². The molecule has 27 heavy (non-hydrogen) atoms. The van der Waals surface area contributed by atoms with Crippen LogP contribution in [0.5, 0.6) is 5.75 Å². The number of carbonyl (C=O) groups is 2. The van der Waals surface area contributed by atoms with Gasteiger partial charge in [-0.05, 0) is 54.8 Å². The smallest absolute Gasteiger partial charge is 0.338 e. The number of amides is 2. The minimum Gasteiger partial charge on any atom is -0.492 e. The summed E-state index contributed by atoms with van der Waals surface area (Å²) in [5, 5.41) is 5.42. The number of carbonyl (C=O) groups excluding carboxylic acids is 2. The van der Waals surface area contributed by atoms with Crippen molar-refractivity contribution in [2.75, 3.05) is 25.1 Å². The molecular weight excluding hydrogens is 344 g/mol. The highest BCUT2D eigenvalue weighted by molar-refractivity contribution is 5.92. The van der Waals surface area contributed by atoms with Gasteiger partial charge >= 0.3 is 12.0 Å². The number of hydrogen-bond acceptors (Lipinski definition) is 4. The fraction of sp³-hybridized carbons (Fsp3) is 0.333. The van der Waals surface area contributed by atoms with Gasteiger partial charge in [0.2, 0.25) is 0 Å². The van der Waals surface area contributed by atoms with Crippen molar-refractivity contribution >= 4 is 17.7 Å². The third-order valence-corrected chi connectivity index (χ3v) is 3.86. The Kier molecular flexibility index (Phi) is 7.67. The highest BCUT2D eigenvalue weighted by Crippen LogP contribution is 2.18. The van der Waals surface area contributed by atoms with Crippen LogP contribution in [0.3, 0.4) is 0 Å². The van der Waals surface area contributed by atoms with E-state index in [0.717, 1.165) is 5.75 Å². The van der Waals surface area contributed by atoms with Gasteiger partial charge in [0.25, 0.3) is 0 Å². The fourth-order valence-electron chi connectivity index (χ4n) is 2.36. The maximum absolute atomic E-state index is 11.9. The molecule has 2 rings (SSSR count). The van der Waals surface area contributed by atoms with E-state index in [9.17, 15) is 9.59 Å². The van der Waals surface area contributed by atoms with Crippen LogP contribution in [0, 0.1) is 0 Å². The van der Waals surface area contributed by atoms with Gasteiger partial charge in [0.15, 0.2) is 0 Å². The van der Waals surface area contributed by atoms with E-state index in [4.69, 9.17) is 9.47 Å². The maximum atomic E-state index is 11.9. The van der Waals surface area contributed by atoms with Gasteiger partial charge in [-0.25, -0.2) is 9.59 Å². The molecule has 2 amide bonds. The number of rotatable bonds is 8. The Morgan fingerprint density at radius 3 is 2.26 bits per heavy atom. The predicted octanol–water partition coefficient (Wildman–Crippen LogP) is 4.19. The van der Waals surface area contributed by atoms with E-state index in [2.05, 4.69) is 24.5 Å². The fourth-order valence-corrected chi connectivity index (χ4v) is 2.36. The minimum atomic E-state index is -0.382. The van der Waals surface area contributed by atoms with E-state index in [1.165, 1.54) is 5.56 Å². The van der Waals surface area contributed by atoms with E-state index >= 15 is 0 Å². The van der Waals surface area contributed by atoms with E-state index in [0.29, 0.717) is 36.9 Å². The molecule has 0 saturated heterocycles. The van der Waals surface area contributed by atoms with Crippen molar-refractivity contribution in [2.24, 2.45) is 0 Å². The van der Waals surface area contributed by atoms with Crippen LogP contribution in [0.2, 0.25) is 0 Å². The van der Waals surface area contributed by atoms with Crippen LogP contribution in [-0.4, -0.2) is 31.8 Å². The highest BCUT2D eigenvalue weighted by Gasteiger charge is 2.07. The third kappa shape index (κ3) is 6.66. The molecule has 0 unspecified atom stereocenters. The molecule has 2 aromatic carbocycles. The average molecular weight is 370 g/mol. The lowest BCUT2D eigenvalue weighted by Gasteiger charge is -2.10. The van der Waals surface area contributed by atoms with E-state index in [1.807, 2.05) is 24.3 Å². The molecule has 0 saturated carbocycles. The number of hydrogen-bond donors (Lipinski definition) is 2. The van der Waals surface area contributed by atoms with Gasteiger partial charge in [0, 0.05) is 5.69 Å². The van der Waals surface area contributed by atoms with Crippen LogP contribution in [0.1, 0.15) is 42.6 Å². The summed E-state index contributed by atoms with van der Waals surface area (Å²) in [7, 11) is 0. The lowest BCUT2D eigenvalue weighted by molar-refractivity contribution is 0.0526. The zero-order chi connectivity index (χ0) is 19.6. The SMILES string of the molecule is CCOC(=O)c1ccc(NC(=O)NCCOc2ccc(C(C)C)cc2)cc1. The Balaban J connectivity index is 1.70. The molecule has 0 bridgehead atoms. The first kappa shape index (κ1) is 20.3. The number of anilines is 1. The van der Waals surface area contributed by atoms with Crippen LogP contribution < -0.4 is 15.4 Å². The monoisotopic (exact) mass is 370 g/mol. The Bertz CT molecular complexity index is 740. The van der Waals surface area contributed by atoms with Crippen molar-refractivity contribution in [1.29, 1.82) is 0 Å². The van der Waals surface area contributed by atoms with E-state index in [1.54, 1.807) is 31.2 Å². The summed E-state index contributed by atoms with van der Waals surface area (Å²) in [5.41, 5.74) is 2.29. The van der Waals surface area contributed by atoms with Crippen molar-refractivity contribution in [3.05, 3.63) is 59.7 Å². The van der Waals surface area contributed by atoms with Crippen molar-refractivity contribution in [3.8, 4) is 5.75 Å². The Morgan fingerprint density at radius 2 is 1.67 bits per heavy atom. The second kappa shape index (κ2) is 10.2. The molecule has 2 aromatic rings. The number of nitrogens with one attached hydrogen (secondary N) is 2. The molecule has 144 valence electrons. The first-order chi connectivity index (χ1) is 13.0. The van der Waals surface area contributed by atoms with Gasteiger partial charge in [-0.3, -0.25) is 0 Å². The molecule has 0 fully saturated rings. The molecule has 6 nitrogen and oxygen atoms in total. The third-order valence-electron chi connectivity index (χ3n) is 3.86. The molecule has 0 aliphatic heterocycles. The van der Waals surface area contributed by atoms with Crippen molar-refractivity contribution < 1.29 is 19.1 Å². The summed E-state index contributed by atoms with van der Waals surface area (Å²) in [6.45, 7) is 7.11. The quantitative estimate of drug-likeness (QED) is 0.540. The number of esters is 1. The molecule has 0 heterocycles. The summed E-state index contributed by atoms with van der Waals surface area (Å²) in [4.78, 5) is 23.5. The molecule has 0 aliphatic rings. The maximum Gasteiger partial charge on any atom is 0.338 e. The van der Waals surface area contributed by atoms with Gasteiger partial charge in [-0.1, -0.05) is 26.0 Å². The second-order valence-corrected chi connectivity index (χ2v) is 6.25. The molecule has 0 atom stereocenters. The minimum absolute atomic E-state index is 0.325. The Hall–Kier alpha value is -3.02. The molecular formula is C21H26N2O4. The predicted molar refractivity (Wildman–Crippen MR) is 105 cm³/mol. The topological polar surface area (TPSA) is 76.7 Å². The number of urea groups is 1. The van der Waals surface area contributed by atoms with Crippen LogP contribution in [0.4, 0.5) is 10.5 Å². The first-order valence-corrected chi connectivity index (χ1v) is 9.04. The summed E-state index contributed by atoms with van der Waals surface area (Å²) >= 11 is 0. The van der Waals surface area contributed by atoms with Gasteiger partial charge in [0.1, 0.15) is 12.4 Å². The van der Waals surface area contributed by atoms with Crippen molar-refractivity contribution in [3.63, 3.8) is 0 Å². The first-order valence-electron chi connectivity index (χ1n) is 9.04. The van der Waals surface area contributed by atoms with Crippen molar-refractivity contribution in [1.82, 2.24) is 5.32 Å². The largest absolute Gasteiger partial charge is 0.492 e. The molecule has 0 spiro atoms. The molecule has 0 aliphatic carbocycles. The lowest BCUT2D eigenvalue weighted by atomic mass is 10.0. The van der Waals surface area contributed by atoms with Gasteiger partial charge in [-0.15, -0.1) is 0 Å². The average Bonchev–Trinajstić information content (AvgIpc) is 2.66. The lowest BCUT2D eigenvalue weighted by Crippen LogP contribution is -2.32. The van der Waals surface area contributed by atoms with Gasteiger partial charge in [-0.2, -0.15) is 0 Å². The van der Waals surface area contributed by atoms with Gasteiger partial charge in [0.05, 0.1) is 18.7 Å². The summed E-state index contributed by atoms with van der Waals surface area (Å²) < 4.78 is 10.5. The second-order valence-electron chi connectivity index (χ2n) is 6.25. The molecule has 6 heteroatoms. The standard InChI is InChI=1S/C21H26N2O4/c1-4-26-20(24)17-5-9-18(10-6-17)23-21(25)22-13-14-27-19-11-7-16(8-12-19)15(2)3/h5-12,15H,4,13-14H2,1-3H3,(H2,22,23,25). The summed E-state index contributed by atoms with van der Waals surface area (Å²) in [6, 6.07) is 14.1. The van der Waals surface area contributed by atoms with Crippen molar-refractivity contribution in [2.45, 2.75) is 26.7 Å². The van der Waals surface area contributed by atoms with Gasteiger partial charge < -0.3 is 20.1 Å². The Morgan fingerprint density at radius 1 is 1.00 bits per heavy atom.